The Morgan fingerprint density at radius 1 is 1.48 bits per heavy atom. The molecule has 110 valence electrons. The minimum absolute atomic E-state index is 0.0656. The number of aryl methyl sites for hydroxylation is 1. The molecule has 0 aliphatic heterocycles. The number of carbonyl (C=O) groups is 1. The second-order valence-corrected chi connectivity index (χ2v) is 5.48. The molecule has 0 amide bonds. The smallest absolute Gasteiger partial charge is 0.267 e. The van der Waals surface area contributed by atoms with E-state index < -0.39 is 5.82 Å². The van der Waals surface area contributed by atoms with E-state index in [0.717, 1.165) is 6.07 Å². The van der Waals surface area contributed by atoms with Crippen LogP contribution in [-0.4, -0.2) is 22.4 Å². The lowest BCUT2D eigenvalue weighted by Crippen LogP contribution is -2.28. The van der Waals surface area contributed by atoms with Gasteiger partial charge in [-0.25, -0.2) is 9.37 Å². The first-order valence-corrected chi connectivity index (χ1v) is 7.10. The van der Waals surface area contributed by atoms with Crippen molar-refractivity contribution >= 4 is 28.4 Å². The first kappa shape index (κ1) is 15.6. The van der Waals surface area contributed by atoms with Crippen molar-refractivity contribution in [2.24, 2.45) is 0 Å². The predicted octanol–water partition coefficient (Wildman–Crippen LogP) is 2.19. The number of benzene rings is 1. The van der Waals surface area contributed by atoms with Crippen LogP contribution in [0.5, 0.6) is 5.75 Å². The number of ether oxygens (including phenoxy) is 1. The van der Waals surface area contributed by atoms with Gasteiger partial charge in [0, 0.05) is 11.8 Å². The van der Waals surface area contributed by atoms with Crippen LogP contribution in [0.3, 0.4) is 0 Å². The minimum atomic E-state index is -0.617. The van der Waals surface area contributed by atoms with Gasteiger partial charge in [0.2, 0.25) is 0 Å². The Hall–Kier alpha value is -1.77. The van der Waals surface area contributed by atoms with E-state index in [2.05, 4.69) is 4.98 Å². The highest BCUT2D eigenvalue weighted by molar-refractivity contribution is 14.1. The Labute approximate surface area is 133 Å². The largest absolute Gasteiger partial charge is 0.494 e. The second kappa shape index (κ2) is 6.33. The molecule has 0 atom stereocenters. The predicted molar refractivity (Wildman–Crippen MR) is 83.2 cm³/mol. The molecule has 0 spiro atoms. The summed E-state index contributed by atoms with van der Waals surface area (Å²) in [4.78, 5) is 28.2. The van der Waals surface area contributed by atoms with Gasteiger partial charge in [-0.1, -0.05) is 0 Å². The van der Waals surface area contributed by atoms with E-state index in [4.69, 9.17) is 4.74 Å². The summed E-state index contributed by atoms with van der Waals surface area (Å²) in [5.74, 6) is -0.489. The van der Waals surface area contributed by atoms with Crippen LogP contribution in [0.2, 0.25) is 0 Å². The molecule has 0 unspecified atom stereocenters. The number of hydrogen-bond acceptors (Lipinski definition) is 4. The Morgan fingerprint density at radius 3 is 2.81 bits per heavy atom. The van der Waals surface area contributed by atoms with E-state index in [9.17, 15) is 14.0 Å². The molecule has 2 rings (SSSR count). The topological polar surface area (TPSA) is 61.2 Å². The number of methoxy groups -OCH3 is 1. The summed E-state index contributed by atoms with van der Waals surface area (Å²) in [6.45, 7) is 1.46. The van der Waals surface area contributed by atoms with Crippen molar-refractivity contribution in [1.29, 1.82) is 0 Å². The molecule has 0 N–H and O–H groups in total. The van der Waals surface area contributed by atoms with E-state index in [0.29, 0.717) is 9.39 Å². The summed E-state index contributed by atoms with van der Waals surface area (Å²) in [6.07, 6.45) is 1.45. The van der Waals surface area contributed by atoms with Crippen LogP contribution >= 0.6 is 22.6 Å². The summed E-state index contributed by atoms with van der Waals surface area (Å²) in [6, 6.07) is 3.94. The van der Waals surface area contributed by atoms with Crippen molar-refractivity contribution in [2.45, 2.75) is 13.5 Å². The van der Waals surface area contributed by atoms with Crippen molar-refractivity contribution in [3.8, 4) is 5.75 Å². The maximum atomic E-state index is 13.6. The molecular weight excluding hydrogens is 390 g/mol. The molecule has 0 fully saturated rings. The van der Waals surface area contributed by atoms with Crippen molar-refractivity contribution in [1.82, 2.24) is 9.55 Å². The lowest BCUT2D eigenvalue weighted by Gasteiger charge is -2.09. The van der Waals surface area contributed by atoms with Crippen LogP contribution in [0, 0.1) is 16.3 Å². The van der Waals surface area contributed by atoms with Gasteiger partial charge in [0.25, 0.3) is 5.56 Å². The molecule has 5 nitrogen and oxygen atoms in total. The third kappa shape index (κ3) is 3.29. The van der Waals surface area contributed by atoms with E-state index in [1.165, 1.54) is 30.0 Å². The molecule has 0 aliphatic rings. The molecule has 0 saturated heterocycles. The number of carbonyl (C=O) groups excluding carboxylic acids is 1. The number of Topliss-reactive ketones (excluding diaryl/α,β-unsaturated/α-hetero) is 1. The van der Waals surface area contributed by atoms with Crippen LogP contribution < -0.4 is 10.3 Å². The summed E-state index contributed by atoms with van der Waals surface area (Å²) < 4.78 is 20.1. The molecule has 21 heavy (non-hydrogen) atoms. The highest BCUT2D eigenvalue weighted by Crippen LogP contribution is 2.18. The van der Waals surface area contributed by atoms with Gasteiger partial charge in [-0.05, 0) is 47.7 Å². The van der Waals surface area contributed by atoms with Crippen LogP contribution in [-0.2, 0) is 6.54 Å². The summed E-state index contributed by atoms with van der Waals surface area (Å²) >= 11 is 1.86. The third-order valence-electron chi connectivity index (χ3n) is 2.98. The van der Waals surface area contributed by atoms with Gasteiger partial charge in [-0.3, -0.25) is 14.2 Å². The Kier molecular flexibility index (Phi) is 4.71. The molecule has 0 radical (unpaired) electrons. The van der Waals surface area contributed by atoms with Gasteiger partial charge in [0.1, 0.15) is 5.82 Å². The zero-order chi connectivity index (χ0) is 15.6. The molecule has 7 heteroatoms. The molecular formula is C14H12FIN2O3. The molecule has 0 aliphatic carbocycles. The van der Waals surface area contributed by atoms with Gasteiger partial charge >= 0.3 is 0 Å². The van der Waals surface area contributed by atoms with Crippen LogP contribution in [0.4, 0.5) is 4.39 Å². The number of rotatable bonds is 4. The van der Waals surface area contributed by atoms with E-state index in [1.54, 1.807) is 6.92 Å². The number of halogens is 2. The Balaban J connectivity index is 2.33. The Bertz CT molecular complexity index is 758. The number of nitrogens with zero attached hydrogens (tertiary/aromatic N) is 2. The van der Waals surface area contributed by atoms with Crippen molar-refractivity contribution in [3.63, 3.8) is 0 Å². The number of hydrogen-bond donors (Lipinski definition) is 0. The third-order valence-corrected chi connectivity index (χ3v) is 3.72. The molecule has 1 aromatic heterocycles. The van der Waals surface area contributed by atoms with Gasteiger partial charge < -0.3 is 4.74 Å². The van der Waals surface area contributed by atoms with Crippen LogP contribution in [0.15, 0.2) is 29.2 Å². The summed E-state index contributed by atoms with van der Waals surface area (Å²) in [7, 11) is 1.35. The van der Waals surface area contributed by atoms with E-state index >= 15 is 0 Å². The van der Waals surface area contributed by atoms with Crippen molar-refractivity contribution in [2.75, 3.05) is 7.11 Å². The van der Waals surface area contributed by atoms with Gasteiger partial charge in [0.05, 0.1) is 17.2 Å². The molecule has 1 heterocycles. The standard InChI is InChI=1S/C14H12FIN2O3/c1-8-17-6-11(16)14(20)18(8)7-12(19)9-3-4-13(21-2)10(15)5-9/h3-6H,7H2,1-2H3. The SMILES string of the molecule is COc1ccc(C(=O)Cn2c(C)ncc(I)c2=O)cc1F. The zero-order valence-electron chi connectivity index (χ0n) is 11.4. The van der Waals surface area contributed by atoms with Crippen molar-refractivity contribution < 1.29 is 13.9 Å². The van der Waals surface area contributed by atoms with Crippen molar-refractivity contribution in [3.05, 3.63) is 55.5 Å². The zero-order valence-corrected chi connectivity index (χ0v) is 13.5. The van der Waals surface area contributed by atoms with E-state index in [-0.39, 0.29) is 29.2 Å². The Morgan fingerprint density at radius 2 is 2.19 bits per heavy atom. The average Bonchev–Trinajstić information content (AvgIpc) is 2.47. The quantitative estimate of drug-likeness (QED) is 0.581. The maximum Gasteiger partial charge on any atom is 0.267 e. The van der Waals surface area contributed by atoms with Crippen LogP contribution in [0.1, 0.15) is 16.2 Å². The highest BCUT2D eigenvalue weighted by atomic mass is 127. The minimum Gasteiger partial charge on any atom is -0.494 e. The number of aromatic nitrogens is 2. The van der Waals surface area contributed by atoms with Gasteiger partial charge in [-0.2, -0.15) is 0 Å². The van der Waals surface area contributed by atoms with Gasteiger partial charge in [0.15, 0.2) is 17.3 Å². The second-order valence-electron chi connectivity index (χ2n) is 4.32. The average molecular weight is 402 g/mol. The fraction of sp³-hybridized carbons (Fsp3) is 0.214. The maximum absolute atomic E-state index is 13.6. The highest BCUT2D eigenvalue weighted by Gasteiger charge is 2.14. The fourth-order valence-corrected chi connectivity index (χ4v) is 2.24. The molecule has 1 aromatic carbocycles. The van der Waals surface area contributed by atoms with E-state index in [1.807, 2.05) is 22.6 Å². The monoisotopic (exact) mass is 402 g/mol. The van der Waals surface area contributed by atoms with Crippen LogP contribution in [0.25, 0.3) is 0 Å². The molecule has 0 bridgehead atoms. The first-order valence-electron chi connectivity index (χ1n) is 6.02. The number of ketones is 1. The lowest BCUT2D eigenvalue weighted by atomic mass is 10.1. The normalized spacial score (nSPS) is 10.5. The summed E-state index contributed by atoms with van der Waals surface area (Å²) in [5, 5.41) is 0. The molecule has 2 aromatic rings. The molecule has 0 saturated carbocycles. The fourth-order valence-electron chi connectivity index (χ4n) is 1.81. The summed E-state index contributed by atoms with van der Waals surface area (Å²) in [5.41, 5.74) is -0.108. The lowest BCUT2D eigenvalue weighted by molar-refractivity contribution is 0.0969. The van der Waals surface area contributed by atoms with Gasteiger partial charge in [-0.15, -0.1) is 0 Å². The first-order chi connectivity index (χ1) is 9.93.